The second-order valence-corrected chi connectivity index (χ2v) is 28.5. The van der Waals surface area contributed by atoms with Crippen molar-refractivity contribution in [2.75, 3.05) is 47.5 Å². The number of quaternary nitrogens is 1. The van der Waals surface area contributed by atoms with E-state index in [0.29, 0.717) is 17.4 Å². The highest BCUT2D eigenvalue weighted by molar-refractivity contribution is 7.47. The Bertz CT molecular complexity index is 1420. The van der Waals surface area contributed by atoms with Gasteiger partial charge in [-0.2, -0.15) is 0 Å². The average Bonchev–Trinajstić information content (AvgIpc) is 3.61. The molecule has 0 fully saturated rings. The van der Waals surface area contributed by atoms with Crippen molar-refractivity contribution >= 4 is 19.8 Å². The molecule has 1 N–H and O–H groups in total. The van der Waals surface area contributed by atoms with Crippen LogP contribution in [-0.2, 0) is 32.7 Å². The summed E-state index contributed by atoms with van der Waals surface area (Å²) in [5, 5.41) is 0. The minimum absolute atomic E-state index is 0.0370. The van der Waals surface area contributed by atoms with Gasteiger partial charge < -0.3 is 18.9 Å². The highest BCUT2D eigenvalue weighted by atomic mass is 31.2. The molecule has 0 heterocycles. The molecule has 0 aromatic rings. The van der Waals surface area contributed by atoms with Gasteiger partial charge in [0.25, 0.3) is 0 Å². The molecule has 10 heteroatoms. The van der Waals surface area contributed by atoms with Crippen molar-refractivity contribution in [1.82, 2.24) is 0 Å². The second kappa shape index (κ2) is 66.2. The number of nitrogens with zero attached hydrogens (tertiary/aromatic N) is 1. The van der Waals surface area contributed by atoms with Crippen molar-refractivity contribution in [3.05, 3.63) is 12.2 Å². The lowest BCUT2D eigenvalue weighted by molar-refractivity contribution is -0.870. The van der Waals surface area contributed by atoms with Crippen LogP contribution in [0, 0.1) is 0 Å². The summed E-state index contributed by atoms with van der Waals surface area (Å²) in [4.78, 5) is 35.9. The molecule has 0 radical (unpaired) electrons. The number of carbonyl (C=O) groups is 2. The largest absolute Gasteiger partial charge is 0.472 e. The quantitative estimate of drug-likeness (QED) is 0.0211. The van der Waals surface area contributed by atoms with E-state index in [-0.39, 0.29) is 25.6 Å². The lowest BCUT2D eigenvalue weighted by Gasteiger charge is -2.24. The van der Waals surface area contributed by atoms with Gasteiger partial charge in [-0.25, -0.2) is 4.57 Å². The number of carbonyl (C=O) groups excluding carboxylic acids is 2. The molecule has 0 aromatic heterocycles. The Morgan fingerprint density at radius 1 is 0.357 bits per heavy atom. The molecule has 500 valence electrons. The summed E-state index contributed by atoms with van der Waals surface area (Å²) in [6.45, 7) is 4.52. The number of hydrogen-bond donors (Lipinski definition) is 1. The normalized spacial score (nSPS) is 13.1. The van der Waals surface area contributed by atoms with Gasteiger partial charge in [0.05, 0.1) is 27.7 Å². The maximum atomic E-state index is 12.9. The molecule has 2 atom stereocenters. The predicted octanol–water partition coefficient (Wildman–Crippen LogP) is 24.3. The molecule has 0 amide bonds. The van der Waals surface area contributed by atoms with Gasteiger partial charge >= 0.3 is 19.8 Å². The van der Waals surface area contributed by atoms with Gasteiger partial charge in [-0.15, -0.1) is 0 Å². The predicted molar refractivity (Wildman–Crippen MR) is 363 cm³/mol. The summed E-state index contributed by atoms with van der Waals surface area (Å²) in [6.07, 6.45) is 82.1. The molecule has 2 unspecified atom stereocenters. The van der Waals surface area contributed by atoms with Gasteiger partial charge in [0.15, 0.2) is 6.10 Å². The highest BCUT2D eigenvalue weighted by Gasteiger charge is 2.27. The average molecular weight is 1210 g/mol. The van der Waals surface area contributed by atoms with E-state index in [0.717, 1.165) is 38.5 Å². The van der Waals surface area contributed by atoms with Crippen LogP contribution in [0.4, 0.5) is 0 Å². The number of allylic oxidation sites excluding steroid dienone is 2. The van der Waals surface area contributed by atoms with E-state index in [9.17, 15) is 19.0 Å². The summed E-state index contributed by atoms with van der Waals surface area (Å²) in [5.41, 5.74) is 0. The molecule has 0 bridgehead atoms. The van der Waals surface area contributed by atoms with Crippen LogP contribution in [0.5, 0.6) is 0 Å². The van der Waals surface area contributed by atoms with Crippen molar-refractivity contribution in [1.29, 1.82) is 0 Å². The standard InChI is InChI=1S/C74H146NO8P/c1-6-8-10-12-14-16-18-20-22-24-26-28-29-30-31-32-33-34-35-36-37-38-39-40-41-42-43-44-45-47-49-51-53-55-57-59-61-63-65-67-74(77)83-72(71-82-84(78,79)81-69-68-75(3,4)5)70-80-73(76)66-64-62-60-58-56-54-52-50-48-46-27-25-23-21-19-17-15-13-11-9-7-2/h24,26,72H,6-23,25,27-71H2,1-5H3/p+1/b26-24-. The van der Waals surface area contributed by atoms with Crippen LogP contribution in [0.2, 0.25) is 0 Å². The van der Waals surface area contributed by atoms with Gasteiger partial charge in [0.1, 0.15) is 19.8 Å². The van der Waals surface area contributed by atoms with Gasteiger partial charge in [-0.1, -0.05) is 360 Å². The second-order valence-electron chi connectivity index (χ2n) is 27.0. The first-order valence-corrected chi connectivity index (χ1v) is 38.9. The SMILES string of the molecule is CCCCCCCCCC/C=C\CCCCCCCCCCCCCCCCCCCCCCCCCCCCCC(=O)OC(COC(=O)CCCCCCCCCCCCCCCCCCCCCCC)COP(=O)(O)OCC[N+](C)(C)C. The first-order chi connectivity index (χ1) is 41.0. The molecule has 9 nitrogen and oxygen atoms in total. The lowest BCUT2D eigenvalue weighted by atomic mass is 10.0. The zero-order valence-electron chi connectivity index (χ0n) is 57.2. The fourth-order valence-corrected chi connectivity index (χ4v) is 12.3. The number of ether oxygens (including phenoxy) is 2. The van der Waals surface area contributed by atoms with E-state index in [1.54, 1.807) is 0 Å². The van der Waals surface area contributed by atoms with Gasteiger partial charge in [-0.3, -0.25) is 18.6 Å². The van der Waals surface area contributed by atoms with Crippen molar-refractivity contribution in [2.24, 2.45) is 0 Å². The third kappa shape index (κ3) is 69.8. The van der Waals surface area contributed by atoms with Gasteiger partial charge in [0.2, 0.25) is 0 Å². The van der Waals surface area contributed by atoms with E-state index in [1.807, 2.05) is 21.1 Å². The zero-order chi connectivity index (χ0) is 61.2. The molecule has 0 aliphatic heterocycles. The summed E-state index contributed by atoms with van der Waals surface area (Å²) in [6, 6.07) is 0. The van der Waals surface area contributed by atoms with E-state index in [1.165, 1.54) is 334 Å². The number of esters is 2. The Morgan fingerprint density at radius 2 is 0.607 bits per heavy atom. The Labute approximate surface area is 524 Å². The number of unbranched alkanes of at least 4 members (excludes halogenated alkanes) is 55. The van der Waals surface area contributed by atoms with Crippen molar-refractivity contribution in [3.63, 3.8) is 0 Å². The Hall–Kier alpha value is -1.25. The van der Waals surface area contributed by atoms with Crippen LogP contribution in [0.3, 0.4) is 0 Å². The molecule has 84 heavy (non-hydrogen) atoms. The molecule has 0 aromatic carbocycles. The number of hydrogen-bond acceptors (Lipinski definition) is 7. The van der Waals surface area contributed by atoms with Crippen LogP contribution >= 0.6 is 7.82 Å². The number of phosphoric ester groups is 1. The molecule has 0 spiro atoms. The third-order valence-corrected chi connectivity index (χ3v) is 18.3. The van der Waals surface area contributed by atoms with Crippen LogP contribution in [0.25, 0.3) is 0 Å². The summed E-state index contributed by atoms with van der Waals surface area (Å²) in [7, 11) is 1.51. The molecule has 0 saturated heterocycles. The Morgan fingerprint density at radius 3 is 0.881 bits per heavy atom. The van der Waals surface area contributed by atoms with E-state index in [4.69, 9.17) is 18.5 Å². The topological polar surface area (TPSA) is 108 Å². The van der Waals surface area contributed by atoms with Gasteiger partial charge in [-0.05, 0) is 38.5 Å². The monoisotopic (exact) mass is 1210 g/mol. The van der Waals surface area contributed by atoms with E-state index in [2.05, 4.69) is 26.0 Å². The number of phosphoric acid groups is 1. The van der Waals surface area contributed by atoms with Crippen LogP contribution < -0.4 is 0 Å². The Kier molecular flexibility index (Phi) is 65.2. The maximum absolute atomic E-state index is 12.9. The van der Waals surface area contributed by atoms with E-state index >= 15 is 0 Å². The smallest absolute Gasteiger partial charge is 0.462 e. The molecular formula is C74H147NO8P+. The Balaban J connectivity index is 3.87. The molecule has 0 saturated carbocycles. The molecule has 0 rings (SSSR count). The fraction of sp³-hybridized carbons (Fsp3) is 0.946. The number of rotatable bonds is 71. The van der Waals surface area contributed by atoms with Crippen molar-refractivity contribution in [3.8, 4) is 0 Å². The zero-order valence-corrected chi connectivity index (χ0v) is 58.1. The summed E-state index contributed by atoms with van der Waals surface area (Å²) >= 11 is 0. The van der Waals surface area contributed by atoms with Crippen molar-refractivity contribution < 1.29 is 42.1 Å². The summed E-state index contributed by atoms with van der Waals surface area (Å²) < 4.78 is 34.8. The first-order valence-electron chi connectivity index (χ1n) is 37.4. The third-order valence-electron chi connectivity index (χ3n) is 17.3. The number of likely N-dealkylation sites (N-methyl/N-ethyl adjacent to an activating group) is 1. The molecule has 0 aliphatic rings. The van der Waals surface area contributed by atoms with Crippen LogP contribution in [0.15, 0.2) is 12.2 Å². The fourth-order valence-electron chi connectivity index (χ4n) is 11.5. The van der Waals surface area contributed by atoms with Crippen LogP contribution in [-0.4, -0.2) is 74.9 Å². The molecule has 0 aliphatic carbocycles. The highest BCUT2D eigenvalue weighted by Crippen LogP contribution is 2.43. The van der Waals surface area contributed by atoms with Crippen LogP contribution in [0.1, 0.15) is 399 Å². The lowest BCUT2D eigenvalue weighted by Crippen LogP contribution is -2.37. The van der Waals surface area contributed by atoms with E-state index < -0.39 is 26.5 Å². The summed E-state index contributed by atoms with van der Waals surface area (Å²) in [5.74, 6) is -0.769. The first kappa shape index (κ1) is 82.8. The maximum Gasteiger partial charge on any atom is 0.472 e. The minimum Gasteiger partial charge on any atom is -0.462 e. The minimum atomic E-state index is -4.39. The molecular weight excluding hydrogens is 1060 g/mol. The van der Waals surface area contributed by atoms with Crippen molar-refractivity contribution in [2.45, 2.75) is 405 Å². The van der Waals surface area contributed by atoms with Gasteiger partial charge in [0, 0.05) is 12.8 Å².